The minimum atomic E-state index is -0.291. The lowest BCUT2D eigenvalue weighted by molar-refractivity contribution is 0.0631. The number of amides is 2. The maximum absolute atomic E-state index is 12.1. The van der Waals surface area contributed by atoms with Gasteiger partial charge in [-0.1, -0.05) is 12.1 Å². The zero-order valence-electron chi connectivity index (χ0n) is 11.7. The zero-order chi connectivity index (χ0) is 15.5. The van der Waals surface area contributed by atoms with Crippen molar-refractivity contribution in [1.82, 2.24) is 4.90 Å². The molecule has 0 aliphatic carbocycles. The smallest absolute Gasteiger partial charge is 0.261 e. The van der Waals surface area contributed by atoms with Crippen molar-refractivity contribution in [3.05, 3.63) is 65.2 Å². The van der Waals surface area contributed by atoms with E-state index in [1.54, 1.807) is 48.5 Å². The molecule has 5 nitrogen and oxygen atoms in total. The van der Waals surface area contributed by atoms with Gasteiger partial charge in [-0.2, -0.15) is 0 Å². The van der Waals surface area contributed by atoms with Crippen molar-refractivity contribution < 1.29 is 19.1 Å². The predicted molar refractivity (Wildman–Crippen MR) is 79.1 cm³/mol. The fourth-order valence-corrected chi connectivity index (χ4v) is 2.34. The van der Waals surface area contributed by atoms with Crippen molar-refractivity contribution in [2.75, 3.05) is 13.2 Å². The molecule has 0 bridgehead atoms. The van der Waals surface area contributed by atoms with Crippen LogP contribution in [0.5, 0.6) is 5.75 Å². The van der Waals surface area contributed by atoms with Gasteiger partial charge in [0.2, 0.25) is 0 Å². The van der Waals surface area contributed by atoms with E-state index in [1.165, 1.54) is 4.90 Å². The van der Waals surface area contributed by atoms with Gasteiger partial charge in [0, 0.05) is 5.56 Å². The van der Waals surface area contributed by atoms with Gasteiger partial charge < -0.3 is 4.74 Å². The van der Waals surface area contributed by atoms with Crippen LogP contribution >= 0.6 is 0 Å². The Labute approximate surface area is 127 Å². The molecule has 110 valence electrons. The molecule has 2 aromatic rings. The molecule has 0 radical (unpaired) electrons. The average molecular weight is 295 g/mol. The highest BCUT2D eigenvalue weighted by Gasteiger charge is 2.34. The number of benzene rings is 2. The van der Waals surface area contributed by atoms with Gasteiger partial charge in [-0.15, -0.1) is 0 Å². The summed E-state index contributed by atoms with van der Waals surface area (Å²) >= 11 is 0. The van der Waals surface area contributed by atoms with E-state index < -0.39 is 0 Å². The van der Waals surface area contributed by atoms with E-state index in [1.807, 2.05) is 0 Å². The Kier molecular flexibility index (Phi) is 3.70. The van der Waals surface area contributed by atoms with Crippen LogP contribution in [-0.2, 0) is 0 Å². The Morgan fingerprint density at radius 2 is 1.50 bits per heavy atom. The van der Waals surface area contributed by atoms with Gasteiger partial charge in [0.15, 0.2) is 0 Å². The number of hydrogen-bond donors (Lipinski definition) is 0. The second-order valence-corrected chi connectivity index (χ2v) is 4.84. The molecule has 1 aliphatic rings. The molecule has 0 saturated carbocycles. The summed E-state index contributed by atoms with van der Waals surface area (Å²) in [4.78, 5) is 36.0. The number of hydrogen-bond acceptors (Lipinski definition) is 4. The summed E-state index contributed by atoms with van der Waals surface area (Å²) in [5, 5.41) is 0. The second kappa shape index (κ2) is 5.81. The van der Waals surface area contributed by atoms with Crippen molar-refractivity contribution >= 4 is 18.1 Å². The van der Waals surface area contributed by atoms with Crippen molar-refractivity contribution in [1.29, 1.82) is 0 Å². The van der Waals surface area contributed by atoms with E-state index in [2.05, 4.69) is 0 Å². The summed E-state index contributed by atoms with van der Waals surface area (Å²) in [5.41, 5.74) is 1.43. The van der Waals surface area contributed by atoms with Crippen molar-refractivity contribution in [2.24, 2.45) is 0 Å². The molecule has 0 aromatic heterocycles. The average Bonchev–Trinajstić information content (AvgIpc) is 2.81. The topological polar surface area (TPSA) is 63.7 Å². The molecule has 3 rings (SSSR count). The molecule has 1 aliphatic heterocycles. The van der Waals surface area contributed by atoms with Gasteiger partial charge in [-0.3, -0.25) is 19.3 Å². The summed E-state index contributed by atoms with van der Waals surface area (Å²) in [7, 11) is 0. The molecule has 22 heavy (non-hydrogen) atoms. The van der Waals surface area contributed by atoms with E-state index in [9.17, 15) is 14.4 Å². The Balaban J connectivity index is 1.62. The molecule has 2 aromatic carbocycles. The van der Waals surface area contributed by atoms with Crippen LogP contribution in [-0.4, -0.2) is 36.2 Å². The predicted octanol–water partition coefficient (Wildman–Crippen LogP) is 2.17. The lowest BCUT2D eigenvalue weighted by Gasteiger charge is -2.14. The first-order valence-electron chi connectivity index (χ1n) is 6.84. The molecule has 1 heterocycles. The number of fused-ring (bicyclic) bond motifs is 1. The first-order valence-corrected chi connectivity index (χ1v) is 6.84. The van der Waals surface area contributed by atoms with E-state index in [0.29, 0.717) is 22.4 Å². The van der Waals surface area contributed by atoms with Gasteiger partial charge in [0.1, 0.15) is 18.6 Å². The van der Waals surface area contributed by atoms with Gasteiger partial charge >= 0.3 is 0 Å². The van der Waals surface area contributed by atoms with Crippen molar-refractivity contribution in [3.63, 3.8) is 0 Å². The zero-order valence-corrected chi connectivity index (χ0v) is 11.7. The van der Waals surface area contributed by atoms with Gasteiger partial charge in [0.25, 0.3) is 11.8 Å². The van der Waals surface area contributed by atoms with E-state index in [4.69, 9.17) is 4.74 Å². The molecule has 0 atom stereocenters. The SMILES string of the molecule is O=Cc1ccc(OCCN2C(=O)c3ccccc3C2=O)cc1. The van der Waals surface area contributed by atoms with Gasteiger partial charge in [-0.05, 0) is 36.4 Å². The lowest BCUT2D eigenvalue weighted by Crippen LogP contribution is -2.33. The van der Waals surface area contributed by atoms with Crippen LogP contribution < -0.4 is 4.74 Å². The van der Waals surface area contributed by atoms with E-state index >= 15 is 0 Å². The standard InChI is InChI=1S/C17H13NO4/c19-11-12-5-7-13(8-6-12)22-10-9-18-16(20)14-3-1-2-4-15(14)17(18)21/h1-8,11H,9-10H2. The molecular weight excluding hydrogens is 282 g/mol. The van der Waals surface area contributed by atoms with E-state index in [-0.39, 0.29) is 25.0 Å². The number of imide groups is 1. The largest absolute Gasteiger partial charge is 0.492 e. The maximum Gasteiger partial charge on any atom is 0.261 e. The highest BCUT2D eigenvalue weighted by molar-refractivity contribution is 6.21. The summed E-state index contributed by atoms with van der Waals surface area (Å²) in [5.74, 6) is 0.00298. The molecule has 0 unspecified atom stereocenters. The minimum absolute atomic E-state index is 0.182. The van der Waals surface area contributed by atoms with Crippen LogP contribution in [0.25, 0.3) is 0 Å². The van der Waals surface area contributed by atoms with Crippen LogP contribution in [0.4, 0.5) is 0 Å². The quantitative estimate of drug-likeness (QED) is 0.626. The van der Waals surface area contributed by atoms with Crippen LogP contribution in [0.2, 0.25) is 0 Å². The first kappa shape index (κ1) is 14.0. The molecule has 2 amide bonds. The number of aldehydes is 1. The molecule has 0 N–H and O–H groups in total. The number of rotatable bonds is 5. The molecule has 0 spiro atoms. The second-order valence-electron chi connectivity index (χ2n) is 4.84. The third-order valence-electron chi connectivity index (χ3n) is 3.48. The van der Waals surface area contributed by atoms with Gasteiger partial charge in [-0.25, -0.2) is 0 Å². The number of ether oxygens (including phenoxy) is 1. The summed E-state index contributed by atoms with van der Waals surface area (Å²) < 4.78 is 5.50. The van der Waals surface area contributed by atoms with Crippen LogP contribution in [0.15, 0.2) is 48.5 Å². The summed E-state index contributed by atoms with van der Waals surface area (Å²) in [6, 6.07) is 13.4. The Morgan fingerprint density at radius 1 is 0.909 bits per heavy atom. The number of carbonyl (C=O) groups is 3. The monoisotopic (exact) mass is 295 g/mol. The molecular formula is C17H13NO4. The van der Waals surface area contributed by atoms with E-state index in [0.717, 1.165) is 6.29 Å². The maximum atomic E-state index is 12.1. The van der Waals surface area contributed by atoms with Crippen molar-refractivity contribution in [3.8, 4) is 5.75 Å². The van der Waals surface area contributed by atoms with Crippen LogP contribution in [0.1, 0.15) is 31.1 Å². The van der Waals surface area contributed by atoms with Gasteiger partial charge in [0.05, 0.1) is 17.7 Å². The molecule has 0 fully saturated rings. The Bertz CT molecular complexity index is 702. The Morgan fingerprint density at radius 3 is 2.05 bits per heavy atom. The highest BCUT2D eigenvalue weighted by Crippen LogP contribution is 2.22. The number of nitrogens with zero attached hydrogens (tertiary/aromatic N) is 1. The van der Waals surface area contributed by atoms with Crippen LogP contribution in [0.3, 0.4) is 0 Å². The lowest BCUT2D eigenvalue weighted by atomic mass is 10.1. The fraction of sp³-hybridized carbons (Fsp3) is 0.118. The highest BCUT2D eigenvalue weighted by atomic mass is 16.5. The fourth-order valence-electron chi connectivity index (χ4n) is 2.34. The minimum Gasteiger partial charge on any atom is -0.492 e. The third kappa shape index (κ3) is 2.48. The molecule has 5 heteroatoms. The van der Waals surface area contributed by atoms with Crippen LogP contribution in [0, 0.1) is 0 Å². The van der Waals surface area contributed by atoms with Crippen molar-refractivity contribution in [2.45, 2.75) is 0 Å². The summed E-state index contributed by atoms with van der Waals surface area (Å²) in [6.45, 7) is 0.383. The summed E-state index contributed by atoms with van der Waals surface area (Å²) in [6.07, 6.45) is 0.753. The normalized spacial score (nSPS) is 13.2. The molecule has 0 saturated heterocycles. The number of carbonyl (C=O) groups excluding carboxylic acids is 3. The first-order chi connectivity index (χ1) is 10.7. The Hall–Kier alpha value is -2.95. The third-order valence-corrected chi connectivity index (χ3v) is 3.48.